The van der Waals surface area contributed by atoms with Crippen molar-refractivity contribution in [3.8, 4) is 6.07 Å². The van der Waals surface area contributed by atoms with E-state index in [9.17, 15) is 4.79 Å². The molecule has 1 atom stereocenters. The highest BCUT2D eigenvalue weighted by atomic mass is 35.5. The van der Waals surface area contributed by atoms with Crippen molar-refractivity contribution in [1.29, 1.82) is 5.26 Å². The Balaban J connectivity index is 1.60. The number of nitrogens with one attached hydrogen (secondary N) is 1. The molecule has 5 nitrogen and oxygen atoms in total. The van der Waals surface area contributed by atoms with E-state index < -0.39 is 0 Å². The number of hydrogen-bond acceptors (Lipinski definition) is 4. The molecule has 1 heterocycles. The van der Waals surface area contributed by atoms with Gasteiger partial charge >= 0.3 is 0 Å². The third-order valence-electron chi connectivity index (χ3n) is 4.74. The van der Waals surface area contributed by atoms with E-state index in [2.05, 4.69) is 21.2 Å². The van der Waals surface area contributed by atoms with Crippen LogP contribution in [0.3, 0.4) is 0 Å². The fourth-order valence-electron chi connectivity index (χ4n) is 3.15. The lowest BCUT2D eigenvalue weighted by Crippen LogP contribution is -2.52. The van der Waals surface area contributed by atoms with Crippen molar-refractivity contribution < 1.29 is 4.79 Å². The maximum absolute atomic E-state index is 12.6. The number of halogens is 1. The maximum atomic E-state index is 12.6. The number of piperazine rings is 1. The van der Waals surface area contributed by atoms with Crippen LogP contribution < -0.4 is 10.2 Å². The third-order valence-corrected chi connectivity index (χ3v) is 5.06. The van der Waals surface area contributed by atoms with Gasteiger partial charge in [0.25, 0.3) is 0 Å². The molecular formula is C20H21ClN4O. The Morgan fingerprint density at radius 2 is 1.77 bits per heavy atom. The molecule has 1 fully saturated rings. The largest absolute Gasteiger partial charge is 0.368 e. The minimum Gasteiger partial charge on any atom is -0.368 e. The molecule has 134 valence electrons. The van der Waals surface area contributed by atoms with Gasteiger partial charge in [0.15, 0.2) is 0 Å². The number of hydrogen-bond donors (Lipinski definition) is 1. The minimum absolute atomic E-state index is 0.0982. The summed E-state index contributed by atoms with van der Waals surface area (Å²) in [5, 5.41) is 12.8. The molecular weight excluding hydrogens is 348 g/mol. The number of para-hydroxylation sites is 2. The Kier molecular flexibility index (Phi) is 5.77. The molecule has 0 aliphatic carbocycles. The third kappa shape index (κ3) is 3.98. The summed E-state index contributed by atoms with van der Waals surface area (Å²) in [6, 6.07) is 16.7. The summed E-state index contributed by atoms with van der Waals surface area (Å²) in [6.07, 6.45) is 0. The van der Waals surface area contributed by atoms with Gasteiger partial charge in [0.05, 0.1) is 28.0 Å². The first-order chi connectivity index (χ1) is 12.6. The standard InChI is InChI=1S/C20H21ClN4O/c1-15(20(26)23-18-8-4-2-6-16(18)14-22)24-10-12-25(13-11-24)19-9-5-3-7-17(19)21/h2-9,15H,10-13H2,1H3,(H,23,26). The smallest absolute Gasteiger partial charge is 0.241 e. The lowest BCUT2D eigenvalue weighted by molar-refractivity contribution is -0.120. The van der Waals surface area contributed by atoms with Crippen LogP contribution in [0.1, 0.15) is 12.5 Å². The van der Waals surface area contributed by atoms with Crippen molar-refractivity contribution in [2.45, 2.75) is 13.0 Å². The fourth-order valence-corrected chi connectivity index (χ4v) is 3.41. The van der Waals surface area contributed by atoms with E-state index >= 15 is 0 Å². The molecule has 2 aromatic carbocycles. The zero-order chi connectivity index (χ0) is 18.5. The summed E-state index contributed by atoms with van der Waals surface area (Å²) in [5.41, 5.74) is 2.06. The number of benzene rings is 2. The van der Waals surface area contributed by atoms with E-state index in [0.717, 1.165) is 36.9 Å². The molecule has 0 radical (unpaired) electrons. The molecule has 26 heavy (non-hydrogen) atoms. The average Bonchev–Trinajstić information content (AvgIpc) is 2.68. The molecule has 1 aliphatic rings. The molecule has 1 aliphatic heterocycles. The predicted molar refractivity (Wildman–Crippen MR) is 104 cm³/mol. The fraction of sp³-hybridized carbons (Fsp3) is 0.300. The number of carbonyl (C=O) groups excluding carboxylic acids is 1. The van der Waals surface area contributed by atoms with Gasteiger partial charge in [0.2, 0.25) is 5.91 Å². The maximum Gasteiger partial charge on any atom is 0.241 e. The van der Waals surface area contributed by atoms with Crippen LogP contribution in [0.25, 0.3) is 0 Å². The van der Waals surface area contributed by atoms with Crippen LogP contribution in [0.2, 0.25) is 5.02 Å². The number of nitriles is 1. The molecule has 3 rings (SSSR count). The van der Waals surface area contributed by atoms with Gasteiger partial charge in [-0.3, -0.25) is 9.69 Å². The number of amides is 1. The van der Waals surface area contributed by atoms with Gasteiger partial charge in [-0.25, -0.2) is 0 Å². The quantitative estimate of drug-likeness (QED) is 0.898. The van der Waals surface area contributed by atoms with Gasteiger partial charge < -0.3 is 10.2 Å². The van der Waals surface area contributed by atoms with Crippen LogP contribution in [0.15, 0.2) is 48.5 Å². The van der Waals surface area contributed by atoms with Crippen molar-refractivity contribution in [2.24, 2.45) is 0 Å². The highest BCUT2D eigenvalue weighted by Gasteiger charge is 2.26. The molecule has 0 spiro atoms. The van der Waals surface area contributed by atoms with E-state index in [1.165, 1.54) is 0 Å². The van der Waals surface area contributed by atoms with Crippen LogP contribution in [0.5, 0.6) is 0 Å². The molecule has 0 bridgehead atoms. The van der Waals surface area contributed by atoms with E-state index in [-0.39, 0.29) is 11.9 Å². The number of carbonyl (C=O) groups is 1. The van der Waals surface area contributed by atoms with Gasteiger partial charge in [0.1, 0.15) is 6.07 Å². The molecule has 1 saturated heterocycles. The summed E-state index contributed by atoms with van der Waals surface area (Å²) in [5.74, 6) is -0.0982. The normalized spacial score (nSPS) is 16.0. The zero-order valence-electron chi connectivity index (χ0n) is 14.7. The predicted octanol–water partition coefficient (Wildman–Crippen LogP) is 3.36. The topological polar surface area (TPSA) is 59.4 Å². The zero-order valence-corrected chi connectivity index (χ0v) is 15.4. The second-order valence-corrected chi connectivity index (χ2v) is 6.70. The second-order valence-electron chi connectivity index (χ2n) is 6.30. The van der Waals surface area contributed by atoms with E-state index in [0.29, 0.717) is 11.3 Å². The highest BCUT2D eigenvalue weighted by Crippen LogP contribution is 2.26. The lowest BCUT2D eigenvalue weighted by atomic mass is 10.1. The second kappa shape index (κ2) is 8.22. The Morgan fingerprint density at radius 1 is 1.12 bits per heavy atom. The van der Waals surface area contributed by atoms with Gasteiger partial charge in [-0.2, -0.15) is 5.26 Å². The van der Waals surface area contributed by atoms with Gasteiger partial charge in [-0.1, -0.05) is 35.9 Å². The molecule has 0 saturated carbocycles. The van der Waals surface area contributed by atoms with Crippen molar-refractivity contribution >= 4 is 28.9 Å². The first-order valence-electron chi connectivity index (χ1n) is 8.63. The molecule has 1 amide bonds. The Morgan fingerprint density at radius 3 is 2.46 bits per heavy atom. The summed E-state index contributed by atoms with van der Waals surface area (Å²) in [4.78, 5) is 17.0. The number of rotatable bonds is 4. The first-order valence-corrected chi connectivity index (χ1v) is 9.01. The van der Waals surface area contributed by atoms with Crippen molar-refractivity contribution in [3.05, 3.63) is 59.1 Å². The number of anilines is 2. The summed E-state index contributed by atoms with van der Waals surface area (Å²) in [6.45, 7) is 5.08. The summed E-state index contributed by atoms with van der Waals surface area (Å²) < 4.78 is 0. The van der Waals surface area contributed by atoms with Crippen LogP contribution in [-0.2, 0) is 4.79 Å². The Hall–Kier alpha value is -2.55. The van der Waals surface area contributed by atoms with Crippen molar-refractivity contribution in [2.75, 3.05) is 36.4 Å². The van der Waals surface area contributed by atoms with Crippen LogP contribution in [0.4, 0.5) is 11.4 Å². The molecule has 2 aromatic rings. The van der Waals surface area contributed by atoms with Gasteiger partial charge in [0, 0.05) is 26.2 Å². The van der Waals surface area contributed by atoms with Gasteiger partial charge in [-0.05, 0) is 31.2 Å². The van der Waals surface area contributed by atoms with E-state index in [4.69, 9.17) is 16.9 Å². The highest BCUT2D eigenvalue weighted by molar-refractivity contribution is 6.33. The molecule has 6 heteroatoms. The van der Waals surface area contributed by atoms with E-state index in [1.807, 2.05) is 37.3 Å². The monoisotopic (exact) mass is 368 g/mol. The minimum atomic E-state index is -0.268. The lowest BCUT2D eigenvalue weighted by Gasteiger charge is -2.38. The van der Waals surface area contributed by atoms with Crippen LogP contribution >= 0.6 is 11.6 Å². The van der Waals surface area contributed by atoms with Crippen molar-refractivity contribution in [3.63, 3.8) is 0 Å². The molecule has 1 N–H and O–H groups in total. The van der Waals surface area contributed by atoms with Gasteiger partial charge in [-0.15, -0.1) is 0 Å². The van der Waals surface area contributed by atoms with Crippen LogP contribution in [0, 0.1) is 11.3 Å². The van der Waals surface area contributed by atoms with Crippen LogP contribution in [-0.4, -0.2) is 43.0 Å². The Labute approximate surface area is 158 Å². The number of nitrogens with zero attached hydrogens (tertiary/aromatic N) is 3. The first kappa shape index (κ1) is 18.2. The Bertz CT molecular complexity index is 825. The van der Waals surface area contributed by atoms with Crippen molar-refractivity contribution in [1.82, 2.24) is 4.90 Å². The SMILES string of the molecule is CC(C(=O)Nc1ccccc1C#N)N1CCN(c2ccccc2Cl)CC1. The molecule has 0 aromatic heterocycles. The van der Waals surface area contributed by atoms with E-state index in [1.54, 1.807) is 18.2 Å². The molecule has 1 unspecified atom stereocenters. The average molecular weight is 369 g/mol. The summed E-state index contributed by atoms with van der Waals surface area (Å²) >= 11 is 6.28. The summed E-state index contributed by atoms with van der Waals surface area (Å²) in [7, 11) is 0.